The van der Waals surface area contributed by atoms with Crippen LogP contribution in [0.5, 0.6) is 5.75 Å². The van der Waals surface area contributed by atoms with Crippen LogP contribution in [0.1, 0.15) is 17.5 Å². The van der Waals surface area contributed by atoms with Gasteiger partial charge in [-0.05, 0) is 42.6 Å². The average Bonchev–Trinajstić information content (AvgIpc) is 2.61. The zero-order valence-corrected chi connectivity index (χ0v) is 8.81. The van der Waals surface area contributed by atoms with E-state index in [1.165, 1.54) is 11.1 Å². The fraction of sp³-hybridized carbons (Fsp3) is 0.455. The van der Waals surface area contributed by atoms with Crippen LogP contribution in [-0.4, -0.2) is 13.2 Å². The highest BCUT2D eigenvalue weighted by Crippen LogP contribution is 2.33. The average molecular weight is 212 g/mol. The molecule has 0 spiro atoms. The maximum atomic E-state index is 6.02. The molecule has 0 atom stereocenters. The van der Waals surface area contributed by atoms with Gasteiger partial charge in [-0.1, -0.05) is 11.6 Å². The van der Waals surface area contributed by atoms with E-state index in [2.05, 4.69) is 0 Å². The molecule has 1 aliphatic heterocycles. The molecular weight excluding hydrogens is 198 g/mol. The smallest absolute Gasteiger partial charge is 0.125 e. The Kier molecular flexibility index (Phi) is 2.94. The fourth-order valence-corrected chi connectivity index (χ4v) is 2.09. The van der Waals surface area contributed by atoms with E-state index in [0.717, 1.165) is 36.6 Å². The Morgan fingerprint density at radius 1 is 1.43 bits per heavy atom. The van der Waals surface area contributed by atoms with Gasteiger partial charge < -0.3 is 10.5 Å². The second-order valence-electron chi connectivity index (χ2n) is 3.54. The summed E-state index contributed by atoms with van der Waals surface area (Å²) in [5.74, 6) is 1.04. The molecule has 0 aromatic heterocycles. The molecule has 76 valence electrons. The Labute approximate surface area is 89.0 Å². The van der Waals surface area contributed by atoms with E-state index in [4.69, 9.17) is 22.1 Å². The molecule has 0 aliphatic carbocycles. The maximum Gasteiger partial charge on any atom is 0.125 e. The fourth-order valence-electron chi connectivity index (χ4n) is 1.82. The summed E-state index contributed by atoms with van der Waals surface area (Å²) in [5.41, 5.74) is 7.93. The van der Waals surface area contributed by atoms with Gasteiger partial charge in [-0.2, -0.15) is 0 Å². The van der Waals surface area contributed by atoms with Gasteiger partial charge in [0, 0.05) is 11.4 Å². The van der Waals surface area contributed by atoms with E-state index >= 15 is 0 Å². The van der Waals surface area contributed by atoms with Crippen molar-refractivity contribution in [3.8, 4) is 5.75 Å². The van der Waals surface area contributed by atoms with Crippen LogP contribution in [0.15, 0.2) is 12.1 Å². The van der Waals surface area contributed by atoms with Gasteiger partial charge in [-0.25, -0.2) is 0 Å². The number of halogens is 1. The van der Waals surface area contributed by atoms with Crippen LogP contribution in [-0.2, 0) is 12.8 Å². The first-order valence-electron chi connectivity index (χ1n) is 4.95. The van der Waals surface area contributed by atoms with E-state index < -0.39 is 0 Å². The Hall–Kier alpha value is -0.730. The summed E-state index contributed by atoms with van der Waals surface area (Å²) in [4.78, 5) is 0. The van der Waals surface area contributed by atoms with Crippen molar-refractivity contribution in [2.45, 2.75) is 19.3 Å². The van der Waals surface area contributed by atoms with Crippen molar-refractivity contribution in [1.29, 1.82) is 0 Å². The number of aryl methyl sites for hydroxylation is 1. The van der Waals surface area contributed by atoms with Gasteiger partial charge in [0.05, 0.1) is 6.61 Å². The topological polar surface area (TPSA) is 35.2 Å². The van der Waals surface area contributed by atoms with E-state index in [0.29, 0.717) is 6.54 Å². The van der Waals surface area contributed by atoms with Crippen LogP contribution in [0.2, 0.25) is 5.02 Å². The predicted molar refractivity (Wildman–Crippen MR) is 58.0 cm³/mol. The van der Waals surface area contributed by atoms with Crippen molar-refractivity contribution in [1.82, 2.24) is 0 Å². The molecule has 2 rings (SSSR count). The molecule has 1 heterocycles. The standard InChI is InChI=1S/C11H14ClNO/c12-10-6-8(2-1-4-13)11-9(7-10)3-5-14-11/h6-7H,1-5,13H2. The molecule has 0 saturated carbocycles. The molecule has 1 aromatic carbocycles. The first kappa shape index (κ1) is 9.81. The quantitative estimate of drug-likeness (QED) is 0.832. The molecule has 14 heavy (non-hydrogen) atoms. The number of ether oxygens (including phenoxy) is 1. The van der Waals surface area contributed by atoms with E-state index in [9.17, 15) is 0 Å². The third kappa shape index (κ3) is 1.86. The monoisotopic (exact) mass is 211 g/mol. The Balaban J connectivity index is 2.29. The van der Waals surface area contributed by atoms with Crippen LogP contribution in [0.3, 0.4) is 0 Å². The normalized spacial score (nSPS) is 13.9. The second-order valence-corrected chi connectivity index (χ2v) is 3.98. The zero-order chi connectivity index (χ0) is 9.97. The van der Waals surface area contributed by atoms with Crippen LogP contribution in [0.25, 0.3) is 0 Å². The first-order valence-corrected chi connectivity index (χ1v) is 5.33. The molecule has 1 aliphatic rings. The highest BCUT2D eigenvalue weighted by atomic mass is 35.5. The molecule has 0 radical (unpaired) electrons. The van der Waals surface area contributed by atoms with Crippen LogP contribution in [0, 0.1) is 0 Å². The Bertz CT molecular complexity index is 338. The van der Waals surface area contributed by atoms with Crippen molar-refractivity contribution in [2.75, 3.05) is 13.2 Å². The molecule has 0 amide bonds. The first-order chi connectivity index (χ1) is 6.81. The molecule has 2 N–H and O–H groups in total. The van der Waals surface area contributed by atoms with Crippen LogP contribution < -0.4 is 10.5 Å². The lowest BCUT2D eigenvalue weighted by molar-refractivity contribution is 0.353. The van der Waals surface area contributed by atoms with Crippen molar-refractivity contribution in [2.24, 2.45) is 5.73 Å². The van der Waals surface area contributed by atoms with E-state index in [-0.39, 0.29) is 0 Å². The SMILES string of the molecule is NCCCc1cc(Cl)cc2c1OCC2. The van der Waals surface area contributed by atoms with Crippen molar-refractivity contribution in [3.05, 3.63) is 28.3 Å². The molecule has 3 heteroatoms. The summed E-state index contributed by atoms with van der Waals surface area (Å²) >= 11 is 6.02. The zero-order valence-electron chi connectivity index (χ0n) is 8.05. The molecule has 0 bridgehead atoms. The van der Waals surface area contributed by atoms with Crippen molar-refractivity contribution in [3.63, 3.8) is 0 Å². The number of fused-ring (bicyclic) bond motifs is 1. The second kappa shape index (κ2) is 4.20. The molecule has 2 nitrogen and oxygen atoms in total. The minimum Gasteiger partial charge on any atom is -0.493 e. The number of hydrogen-bond donors (Lipinski definition) is 1. The van der Waals surface area contributed by atoms with Gasteiger partial charge in [0.15, 0.2) is 0 Å². The van der Waals surface area contributed by atoms with Gasteiger partial charge >= 0.3 is 0 Å². The van der Waals surface area contributed by atoms with Crippen molar-refractivity contribution >= 4 is 11.6 Å². The van der Waals surface area contributed by atoms with E-state index in [1.54, 1.807) is 0 Å². The lowest BCUT2D eigenvalue weighted by Crippen LogP contribution is -2.01. The number of rotatable bonds is 3. The molecule has 0 fully saturated rings. The molecule has 1 aromatic rings. The summed E-state index contributed by atoms with van der Waals surface area (Å²) in [7, 11) is 0. The lowest BCUT2D eigenvalue weighted by atomic mass is 10.0. The van der Waals surface area contributed by atoms with Crippen LogP contribution in [0.4, 0.5) is 0 Å². The lowest BCUT2D eigenvalue weighted by Gasteiger charge is -2.07. The molecular formula is C11H14ClNO. The highest BCUT2D eigenvalue weighted by Gasteiger charge is 2.16. The Morgan fingerprint density at radius 2 is 2.29 bits per heavy atom. The minimum atomic E-state index is 0.710. The van der Waals surface area contributed by atoms with Gasteiger partial charge in [-0.3, -0.25) is 0 Å². The van der Waals surface area contributed by atoms with Gasteiger partial charge in [0.25, 0.3) is 0 Å². The highest BCUT2D eigenvalue weighted by molar-refractivity contribution is 6.30. The molecule has 0 unspecified atom stereocenters. The van der Waals surface area contributed by atoms with Crippen molar-refractivity contribution < 1.29 is 4.74 Å². The summed E-state index contributed by atoms with van der Waals surface area (Å²) < 4.78 is 5.58. The number of benzene rings is 1. The van der Waals surface area contributed by atoms with Gasteiger partial charge in [0.2, 0.25) is 0 Å². The third-order valence-corrected chi connectivity index (χ3v) is 2.69. The van der Waals surface area contributed by atoms with Gasteiger partial charge in [0.1, 0.15) is 5.75 Å². The summed E-state index contributed by atoms with van der Waals surface area (Å²) in [6.07, 6.45) is 2.92. The molecule has 0 saturated heterocycles. The summed E-state index contributed by atoms with van der Waals surface area (Å²) in [6, 6.07) is 3.98. The number of nitrogens with two attached hydrogens (primary N) is 1. The maximum absolute atomic E-state index is 6.02. The summed E-state index contributed by atoms with van der Waals surface area (Å²) in [6.45, 7) is 1.49. The largest absolute Gasteiger partial charge is 0.493 e. The predicted octanol–water partition coefficient (Wildman–Crippen LogP) is 2.17. The minimum absolute atomic E-state index is 0.710. The van der Waals surface area contributed by atoms with Crippen LogP contribution >= 0.6 is 11.6 Å². The Morgan fingerprint density at radius 3 is 3.07 bits per heavy atom. The summed E-state index contributed by atoms with van der Waals surface area (Å²) in [5, 5.41) is 0.807. The van der Waals surface area contributed by atoms with E-state index in [1.807, 2.05) is 12.1 Å². The third-order valence-electron chi connectivity index (χ3n) is 2.48. The number of hydrogen-bond acceptors (Lipinski definition) is 2. The van der Waals surface area contributed by atoms with Gasteiger partial charge in [-0.15, -0.1) is 0 Å².